The molecular formula is C14H15ClFNO3. The fourth-order valence-corrected chi connectivity index (χ4v) is 2.54. The summed E-state index contributed by atoms with van der Waals surface area (Å²) in [6.45, 7) is 3.20. The molecule has 1 saturated heterocycles. The van der Waals surface area contributed by atoms with Crippen LogP contribution in [0.2, 0.25) is 5.02 Å². The third-order valence-electron chi connectivity index (χ3n) is 3.74. The maximum atomic E-state index is 13.0. The van der Waals surface area contributed by atoms with Gasteiger partial charge in [0.15, 0.2) is 0 Å². The van der Waals surface area contributed by atoms with Gasteiger partial charge in [-0.1, -0.05) is 31.5 Å². The summed E-state index contributed by atoms with van der Waals surface area (Å²) in [5.74, 6) is -1.90. The molecule has 0 spiro atoms. The lowest BCUT2D eigenvalue weighted by atomic mass is 10.00. The summed E-state index contributed by atoms with van der Waals surface area (Å²) < 4.78 is 13.0. The molecule has 1 aromatic rings. The molecule has 0 bridgehead atoms. The minimum absolute atomic E-state index is 0.0673. The molecule has 1 fully saturated rings. The number of carbonyl (C=O) groups excluding carboxylic acids is 2. The number of hydrogen-bond acceptors (Lipinski definition) is 3. The van der Waals surface area contributed by atoms with Crippen LogP contribution in [-0.2, 0) is 9.59 Å². The van der Waals surface area contributed by atoms with E-state index in [1.165, 1.54) is 12.1 Å². The van der Waals surface area contributed by atoms with Crippen molar-refractivity contribution in [3.8, 4) is 0 Å². The molecule has 3 atom stereocenters. The van der Waals surface area contributed by atoms with Crippen molar-refractivity contribution >= 4 is 23.4 Å². The predicted molar refractivity (Wildman–Crippen MR) is 71.4 cm³/mol. The smallest absolute Gasteiger partial charge is 0.232 e. The van der Waals surface area contributed by atoms with Gasteiger partial charge in [0.05, 0.1) is 12.6 Å². The van der Waals surface area contributed by atoms with Gasteiger partial charge in [-0.2, -0.15) is 0 Å². The molecule has 20 heavy (non-hydrogen) atoms. The maximum Gasteiger partial charge on any atom is 0.232 e. The van der Waals surface area contributed by atoms with Crippen LogP contribution < -0.4 is 0 Å². The van der Waals surface area contributed by atoms with Crippen LogP contribution in [0.4, 0.5) is 4.39 Å². The van der Waals surface area contributed by atoms with E-state index in [9.17, 15) is 19.1 Å². The second-order valence-corrected chi connectivity index (χ2v) is 5.45. The normalized spacial score (nSPS) is 24.4. The third-order valence-corrected chi connectivity index (χ3v) is 4.07. The van der Waals surface area contributed by atoms with E-state index in [1.807, 2.05) is 0 Å². The first-order chi connectivity index (χ1) is 9.32. The lowest BCUT2D eigenvalue weighted by molar-refractivity contribution is -0.141. The number of aliphatic hydroxyl groups is 1. The molecule has 1 N–H and O–H groups in total. The fourth-order valence-electron chi connectivity index (χ4n) is 2.25. The monoisotopic (exact) mass is 299 g/mol. The Hall–Kier alpha value is -1.46. The highest BCUT2D eigenvalue weighted by atomic mass is 35.5. The first-order valence-electron chi connectivity index (χ1n) is 6.31. The highest BCUT2D eigenvalue weighted by molar-refractivity contribution is 6.31. The summed E-state index contributed by atoms with van der Waals surface area (Å²) in [7, 11) is 0. The van der Waals surface area contributed by atoms with Gasteiger partial charge in [0, 0.05) is 22.4 Å². The first-order valence-corrected chi connectivity index (χ1v) is 6.69. The zero-order valence-corrected chi connectivity index (χ0v) is 11.9. The molecule has 1 heterocycles. The van der Waals surface area contributed by atoms with Crippen LogP contribution in [-0.4, -0.2) is 28.4 Å². The van der Waals surface area contributed by atoms with Crippen LogP contribution in [0.1, 0.15) is 25.5 Å². The van der Waals surface area contributed by atoms with Crippen molar-refractivity contribution in [1.29, 1.82) is 0 Å². The molecule has 0 unspecified atom stereocenters. The Morgan fingerprint density at radius 1 is 1.30 bits per heavy atom. The molecule has 0 radical (unpaired) electrons. The van der Waals surface area contributed by atoms with Gasteiger partial charge < -0.3 is 5.11 Å². The molecular weight excluding hydrogens is 285 g/mol. The van der Waals surface area contributed by atoms with E-state index in [0.717, 1.165) is 11.0 Å². The average molecular weight is 300 g/mol. The number of β-amino-alcohol motifs (C(OH)–C–C–N with tert-alkyl or cyclic N) is 1. The molecule has 0 aromatic heterocycles. The second-order valence-electron chi connectivity index (χ2n) is 5.05. The van der Waals surface area contributed by atoms with Gasteiger partial charge in [0.25, 0.3) is 0 Å². The van der Waals surface area contributed by atoms with E-state index in [-0.39, 0.29) is 23.4 Å². The maximum absolute atomic E-state index is 13.0. The number of nitrogens with zero attached hydrogens (tertiary/aromatic N) is 1. The topological polar surface area (TPSA) is 57.6 Å². The number of aliphatic hydroxyl groups excluding tert-OH is 1. The van der Waals surface area contributed by atoms with Crippen molar-refractivity contribution in [2.45, 2.75) is 20.0 Å². The van der Waals surface area contributed by atoms with Gasteiger partial charge in [0.2, 0.25) is 11.8 Å². The minimum atomic E-state index is -1.13. The van der Waals surface area contributed by atoms with Gasteiger partial charge in [-0.15, -0.1) is 0 Å². The molecule has 1 aliphatic rings. The Labute approximate surface area is 121 Å². The minimum Gasteiger partial charge on any atom is -0.386 e. The van der Waals surface area contributed by atoms with Crippen LogP contribution in [0.25, 0.3) is 0 Å². The molecule has 2 rings (SSSR count). The highest BCUT2D eigenvalue weighted by Gasteiger charge is 2.42. The first kappa shape index (κ1) is 14.9. The highest BCUT2D eigenvalue weighted by Crippen LogP contribution is 2.29. The van der Waals surface area contributed by atoms with Crippen molar-refractivity contribution in [2.75, 3.05) is 6.54 Å². The Morgan fingerprint density at radius 2 is 1.85 bits per heavy atom. The van der Waals surface area contributed by atoms with Crippen LogP contribution in [0, 0.1) is 17.7 Å². The zero-order chi connectivity index (χ0) is 15.0. The molecule has 2 amide bonds. The molecule has 1 aromatic carbocycles. The number of hydrogen-bond donors (Lipinski definition) is 1. The van der Waals surface area contributed by atoms with Crippen molar-refractivity contribution < 1.29 is 19.1 Å². The van der Waals surface area contributed by atoms with E-state index in [0.29, 0.717) is 5.56 Å². The molecule has 0 aliphatic carbocycles. The van der Waals surface area contributed by atoms with Crippen molar-refractivity contribution in [2.24, 2.45) is 11.8 Å². The third kappa shape index (κ3) is 2.55. The number of imide groups is 1. The summed E-state index contributed by atoms with van der Waals surface area (Å²) in [6, 6.07) is 3.60. The van der Waals surface area contributed by atoms with Gasteiger partial charge >= 0.3 is 0 Å². The van der Waals surface area contributed by atoms with E-state index < -0.39 is 23.8 Å². The largest absolute Gasteiger partial charge is 0.386 e. The summed E-state index contributed by atoms with van der Waals surface area (Å²) in [5, 5.41) is 10.2. The van der Waals surface area contributed by atoms with Gasteiger partial charge in [-0.3, -0.25) is 14.5 Å². The van der Waals surface area contributed by atoms with Gasteiger partial charge in [-0.05, 0) is 12.1 Å². The lowest BCUT2D eigenvalue weighted by Gasteiger charge is -2.20. The molecule has 108 valence electrons. The number of rotatable bonds is 3. The molecule has 0 saturated carbocycles. The average Bonchev–Trinajstić information content (AvgIpc) is 2.56. The quantitative estimate of drug-likeness (QED) is 0.870. The molecule has 1 aliphatic heterocycles. The van der Waals surface area contributed by atoms with E-state index in [2.05, 4.69) is 0 Å². The van der Waals surface area contributed by atoms with E-state index in [4.69, 9.17) is 11.6 Å². The van der Waals surface area contributed by atoms with Gasteiger partial charge in [-0.25, -0.2) is 4.39 Å². The number of halogens is 2. The Morgan fingerprint density at radius 3 is 2.35 bits per heavy atom. The Kier molecular flexibility index (Phi) is 4.11. The van der Waals surface area contributed by atoms with E-state index >= 15 is 0 Å². The summed E-state index contributed by atoms with van der Waals surface area (Å²) in [5.41, 5.74) is 0.292. The fraction of sp³-hybridized carbons (Fsp3) is 0.429. The molecule has 6 heteroatoms. The van der Waals surface area contributed by atoms with Crippen molar-refractivity contribution in [3.05, 3.63) is 34.6 Å². The zero-order valence-electron chi connectivity index (χ0n) is 11.1. The summed E-state index contributed by atoms with van der Waals surface area (Å²) in [4.78, 5) is 24.9. The SMILES string of the molecule is C[C@@H]1C(=O)N(C[C@@H](O)c2ccc(F)cc2Cl)C(=O)[C@@H]1C. The Bertz CT molecular complexity index is 543. The molecule has 4 nitrogen and oxygen atoms in total. The van der Waals surface area contributed by atoms with Crippen LogP contribution in [0.15, 0.2) is 18.2 Å². The van der Waals surface area contributed by atoms with Crippen LogP contribution in [0.3, 0.4) is 0 Å². The second kappa shape index (κ2) is 5.50. The number of likely N-dealkylation sites (tertiary alicyclic amines) is 1. The summed E-state index contributed by atoms with van der Waals surface area (Å²) in [6.07, 6.45) is -1.13. The summed E-state index contributed by atoms with van der Waals surface area (Å²) >= 11 is 5.85. The van der Waals surface area contributed by atoms with Crippen LogP contribution >= 0.6 is 11.6 Å². The predicted octanol–water partition coefficient (Wildman–Crippen LogP) is 2.15. The lowest BCUT2D eigenvalue weighted by Crippen LogP contribution is -2.34. The van der Waals surface area contributed by atoms with Crippen LogP contribution in [0.5, 0.6) is 0 Å². The number of carbonyl (C=O) groups is 2. The van der Waals surface area contributed by atoms with E-state index in [1.54, 1.807) is 13.8 Å². The van der Waals surface area contributed by atoms with Crippen molar-refractivity contribution in [3.63, 3.8) is 0 Å². The Balaban J connectivity index is 2.18. The number of amides is 2. The number of benzene rings is 1. The van der Waals surface area contributed by atoms with Gasteiger partial charge in [0.1, 0.15) is 5.82 Å². The van der Waals surface area contributed by atoms with Crippen molar-refractivity contribution in [1.82, 2.24) is 4.90 Å². The standard InChI is InChI=1S/C14H15ClFNO3/c1-7-8(2)14(20)17(13(7)19)6-12(18)10-4-3-9(16)5-11(10)15/h3-5,7-8,12,18H,6H2,1-2H3/t7-,8+,12-/m1/s1.